The Labute approximate surface area is 102 Å². The van der Waals surface area contributed by atoms with E-state index >= 15 is 0 Å². The first-order valence-corrected chi connectivity index (χ1v) is 6.27. The monoisotopic (exact) mass is 242 g/mol. The molecule has 0 aliphatic heterocycles. The number of hydrogen-bond acceptors (Lipinski definition) is 3. The summed E-state index contributed by atoms with van der Waals surface area (Å²) < 4.78 is 0. The molecule has 0 heterocycles. The first kappa shape index (κ1) is 14.0. The Morgan fingerprint density at radius 3 is 2.18 bits per heavy atom. The zero-order chi connectivity index (χ0) is 13.0. The standard InChI is InChI=1S/C12H22N2O3/c1-4-13(5-2)12(17)9(3)14(8-11(15)16)10-6-7-10/h9-10H,4-8H2,1-3H3,(H,15,16). The average molecular weight is 242 g/mol. The fourth-order valence-corrected chi connectivity index (χ4v) is 2.09. The van der Waals surface area contributed by atoms with Gasteiger partial charge in [-0.1, -0.05) is 0 Å². The van der Waals surface area contributed by atoms with Crippen molar-refractivity contribution in [2.75, 3.05) is 19.6 Å². The fraction of sp³-hybridized carbons (Fsp3) is 0.833. The molecule has 1 amide bonds. The maximum Gasteiger partial charge on any atom is 0.317 e. The number of carbonyl (C=O) groups excluding carboxylic acids is 1. The van der Waals surface area contributed by atoms with Crippen LogP contribution in [0.3, 0.4) is 0 Å². The summed E-state index contributed by atoms with van der Waals surface area (Å²) in [5.41, 5.74) is 0. The highest BCUT2D eigenvalue weighted by molar-refractivity contribution is 5.82. The van der Waals surface area contributed by atoms with Gasteiger partial charge >= 0.3 is 5.97 Å². The summed E-state index contributed by atoms with van der Waals surface area (Å²) in [6, 6.07) is -0.0564. The molecule has 1 N–H and O–H groups in total. The van der Waals surface area contributed by atoms with Gasteiger partial charge in [0, 0.05) is 19.1 Å². The van der Waals surface area contributed by atoms with E-state index in [9.17, 15) is 9.59 Å². The molecule has 1 unspecified atom stereocenters. The molecule has 0 saturated heterocycles. The van der Waals surface area contributed by atoms with Gasteiger partial charge < -0.3 is 10.0 Å². The largest absolute Gasteiger partial charge is 0.480 e. The Hall–Kier alpha value is -1.10. The maximum absolute atomic E-state index is 12.2. The maximum atomic E-state index is 12.2. The summed E-state index contributed by atoms with van der Waals surface area (Å²) in [6.45, 7) is 6.98. The van der Waals surface area contributed by atoms with Gasteiger partial charge in [0.2, 0.25) is 5.91 Å². The van der Waals surface area contributed by atoms with Gasteiger partial charge in [0.15, 0.2) is 0 Å². The first-order valence-electron chi connectivity index (χ1n) is 6.27. The molecule has 0 aromatic rings. The van der Waals surface area contributed by atoms with Crippen molar-refractivity contribution in [2.24, 2.45) is 0 Å². The van der Waals surface area contributed by atoms with Gasteiger partial charge in [-0.3, -0.25) is 14.5 Å². The van der Waals surface area contributed by atoms with E-state index in [1.54, 1.807) is 4.90 Å². The molecular weight excluding hydrogens is 220 g/mol. The van der Waals surface area contributed by atoms with E-state index < -0.39 is 5.97 Å². The van der Waals surface area contributed by atoms with Crippen molar-refractivity contribution >= 4 is 11.9 Å². The van der Waals surface area contributed by atoms with Crippen molar-refractivity contribution in [3.05, 3.63) is 0 Å². The van der Waals surface area contributed by atoms with Crippen LogP contribution in [0.2, 0.25) is 0 Å². The van der Waals surface area contributed by atoms with Gasteiger partial charge in [-0.25, -0.2) is 0 Å². The number of carbonyl (C=O) groups is 2. The predicted octanol–water partition coefficient (Wildman–Crippen LogP) is 0.792. The minimum atomic E-state index is -0.865. The second kappa shape index (κ2) is 6.00. The summed E-state index contributed by atoms with van der Waals surface area (Å²) in [4.78, 5) is 26.5. The lowest BCUT2D eigenvalue weighted by molar-refractivity contribution is -0.142. The molecule has 1 aliphatic carbocycles. The van der Waals surface area contributed by atoms with Crippen LogP contribution in [0.5, 0.6) is 0 Å². The van der Waals surface area contributed by atoms with E-state index in [4.69, 9.17) is 5.11 Å². The third-order valence-corrected chi connectivity index (χ3v) is 3.26. The second-order valence-corrected chi connectivity index (χ2v) is 4.48. The van der Waals surface area contributed by atoms with E-state index in [2.05, 4.69) is 0 Å². The number of rotatable bonds is 7. The van der Waals surface area contributed by atoms with Gasteiger partial charge in [-0.15, -0.1) is 0 Å². The smallest absolute Gasteiger partial charge is 0.317 e. The van der Waals surface area contributed by atoms with Crippen LogP contribution in [-0.2, 0) is 9.59 Å². The van der Waals surface area contributed by atoms with Crippen LogP contribution >= 0.6 is 0 Å². The molecule has 0 bridgehead atoms. The van der Waals surface area contributed by atoms with E-state index in [1.165, 1.54) is 0 Å². The number of carboxylic acids is 1. The quantitative estimate of drug-likeness (QED) is 0.717. The highest BCUT2D eigenvalue weighted by atomic mass is 16.4. The third kappa shape index (κ3) is 3.70. The lowest BCUT2D eigenvalue weighted by Gasteiger charge is -2.30. The van der Waals surface area contributed by atoms with Crippen molar-refractivity contribution in [1.82, 2.24) is 9.80 Å². The van der Waals surface area contributed by atoms with E-state index in [1.807, 2.05) is 25.7 Å². The molecule has 1 saturated carbocycles. The topological polar surface area (TPSA) is 60.9 Å². The molecular formula is C12H22N2O3. The first-order chi connectivity index (χ1) is 8.01. The van der Waals surface area contributed by atoms with E-state index in [0.29, 0.717) is 13.1 Å². The van der Waals surface area contributed by atoms with Crippen molar-refractivity contribution in [3.63, 3.8) is 0 Å². The average Bonchev–Trinajstić information content (AvgIpc) is 3.10. The van der Waals surface area contributed by atoms with Crippen LogP contribution in [0.25, 0.3) is 0 Å². The van der Waals surface area contributed by atoms with Crippen LogP contribution in [0.4, 0.5) is 0 Å². The molecule has 0 aromatic carbocycles. The fourth-order valence-electron chi connectivity index (χ4n) is 2.09. The number of amides is 1. The second-order valence-electron chi connectivity index (χ2n) is 4.48. The van der Waals surface area contributed by atoms with Crippen LogP contribution in [0, 0.1) is 0 Å². The van der Waals surface area contributed by atoms with Crippen molar-refractivity contribution < 1.29 is 14.7 Å². The van der Waals surface area contributed by atoms with Gasteiger partial charge in [0.25, 0.3) is 0 Å². The Morgan fingerprint density at radius 2 is 1.82 bits per heavy atom. The molecule has 0 aromatic heterocycles. The van der Waals surface area contributed by atoms with E-state index in [-0.39, 0.29) is 24.5 Å². The molecule has 1 atom stereocenters. The highest BCUT2D eigenvalue weighted by Crippen LogP contribution is 2.28. The lowest BCUT2D eigenvalue weighted by Crippen LogP contribution is -2.49. The zero-order valence-corrected chi connectivity index (χ0v) is 10.8. The molecule has 1 rings (SSSR count). The van der Waals surface area contributed by atoms with Crippen LogP contribution in [0.15, 0.2) is 0 Å². The molecule has 1 fully saturated rings. The summed E-state index contributed by atoms with van der Waals surface area (Å²) >= 11 is 0. The van der Waals surface area contributed by atoms with Gasteiger partial charge in [-0.05, 0) is 33.6 Å². The van der Waals surface area contributed by atoms with Gasteiger partial charge in [0.1, 0.15) is 0 Å². The molecule has 0 spiro atoms. The summed E-state index contributed by atoms with van der Waals surface area (Å²) in [5, 5.41) is 8.88. The van der Waals surface area contributed by atoms with Crippen molar-refractivity contribution in [1.29, 1.82) is 0 Å². The summed E-state index contributed by atoms with van der Waals surface area (Å²) in [6.07, 6.45) is 2.01. The van der Waals surface area contributed by atoms with Crippen LogP contribution in [0.1, 0.15) is 33.6 Å². The lowest BCUT2D eigenvalue weighted by atomic mass is 10.2. The van der Waals surface area contributed by atoms with Crippen molar-refractivity contribution in [2.45, 2.75) is 45.7 Å². The molecule has 5 heteroatoms. The highest BCUT2D eigenvalue weighted by Gasteiger charge is 2.37. The molecule has 0 radical (unpaired) electrons. The van der Waals surface area contributed by atoms with Crippen molar-refractivity contribution in [3.8, 4) is 0 Å². The number of likely N-dealkylation sites (N-methyl/N-ethyl adjacent to an activating group) is 1. The van der Waals surface area contributed by atoms with E-state index in [0.717, 1.165) is 12.8 Å². The summed E-state index contributed by atoms with van der Waals surface area (Å²) in [5.74, 6) is -0.834. The number of aliphatic carboxylic acids is 1. The number of carboxylic acid groups (broad SMARTS) is 1. The molecule has 5 nitrogen and oxygen atoms in total. The van der Waals surface area contributed by atoms with Gasteiger partial charge in [0.05, 0.1) is 12.6 Å². The molecule has 1 aliphatic rings. The Balaban J connectivity index is 2.66. The Morgan fingerprint density at radius 1 is 1.29 bits per heavy atom. The van der Waals surface area contributed by atoms with Gasteiger partial charge in [-0.2, -0.15) is 0 Å². The van der Waals surface area contributed by atoms with Crippen LogP contribution < -0.4 is 0 Å². The molecule has 98 valence electrons. The predicted molar refractivity (Wildman–Crippen MR) is 64.8 cm³/mol. The minimum absolute atomic E-state index is 0.0307. The molecule has 17 heavy (non-hydrogen) atoms. The number of nitrogens with zero attached hydrogens (tertiary/aromatic N) is 2. The zero-order valence-electron chi connectivity index (χ0n) is 10.8. The SMILES string of the molecule is CCN(CC)C(=O)C(C)N(CC(=O)O)C1CC1. The number of hydrogen-bond donors (Lipinski definition) is 1. The Bertz CT molecular complexity index is 285. The minimum Gasteiger partial charge on any atom is -0.480 e. The normalized spacial score (nSPS) is 16.9. The Kier molecular flexibility index (Phi) is 4.93. The van der Waals surface area contributed by atoms with Crippen LogP contribution in [-0.4, -0.2) is 58.5 Å². The third-order valence-electron chi connectivity index (χ3n) is 3.26. The summed E-state index contributed by atoms with van der Waals surface area (Å²) in [7, 11) is 0.